The predicted octanol–water partition coefficient (Wildman–Crippen LogP) is 3.41. The SMILES string of the molecule is CCCc1ccc2c(c1)[C@@H](CCN)CCC2. The zero-order chi connectivity index (χ0) is 11.4. The molecule has 2 N–H and O–H groups in total. The minimum Gasteiger partial charge on any atom is -0.330 e. The first kappa shape index (κ1) is 11.7. The van der Waals surface area contributed by atoms with Crippen LogP contribution in [-0.4, -0.2) is 6.54 Å². The third-order valence-corrected chi connectivity index (χ3v) is 3.70. The first-order valence-electron chi connectivity index (χ1n) is 6.67. The number of benzene rings is 1. The molecule has 0 saturated heterocycles. The van der Waals surface area contributed by atoms with Crippen molar-refractivity contribution in [2.45, 2.75) is 51.4 Å². The largest absolute Gasteiger partial charge is 0.330 e. The molecule has 1 atom stereocenters. The fourth-order valence-electron chi connectivity index (χ4n) is 2.89. The van der Waals surface area contributed by atoms with Gasteiger partial charge in [0.25, 0.3) is 0 Å². The topological polar surface area (TPSA) is 26.0 Å². The maximum absolute atomic E-state index is 5.71. The van der Waals surface area contributed by atoms with Crippen molar-refractivity contribution in [3.05, 3.63) is 34.9 Å². The van der Waals surface area contributed by atoms with E-state index in [1.54, 1.807) is 11.1 Å². The van der Waals surface area contributed by atoms with Crippen molar-refractivity contribution in [3.8, 4) is 0 Å². The lowest BCUT2D eigenvalue weighted by Crippen LogP contribution is -2.14. The van der Waals surface area contributed by atoms with Crippen LogP contribution >= 0.6 is 0 Å². The highest BCUT2D eigenvalue weighted by Gasteiger charge is 2.19. The van der Waals surface area contributed by atoms with Gasteiger partial charge in [-0.3, -0.25) is 0 Å². The van der Waals surface area contributed by atoms with Crippen LogP contribution in [0.2, 0.25) is 0 Å². The molecule has 1 heteroatoms. The minimum absolute atomic E-state index is 0.727. The molecule has 0 spiro atoms. The van der Waals surface area contributed by atoms with Gasteiger partial charge in [0.15, 0.2) is 0 Å². The van der Waals surface area contributed by atoms with Crippen molar-refractivity contribution in [2.75, 3.05) is 6.54 Å². The van der Waals surface area contributed by atoms with Crippen LogP contribution in [0.1, 0.15) is 55.2 Å². The summed E-state index contributed by atoms with van der Waals surface area (Å²) < 4.78 is 0. The number of nitrogens with two attached hydrogens (primary N) is 1. The molecular formula is C15H23N. The zero-order valence-electron chi connectivity index (χ0n) is 10.3. The molecule has 0 heterocycles. The summed E-state index contributed by atoms with van der Waals surface area (Å²) in [5.74, 6) is 0.727. The van der Waals surface area contributed by atoms with Gasteiger partial charge in [0.2, 0.25) is 0 Å². The fraction of sp³-hybridized carbons (Fsp3) is 0.600. The molecule has 2 rings (SSSR count). The van der Waals surface area contributed by atoms with E-state index >= 15 is 0 Å². The van der Waals surface area contributed by atoms with Crippen LogP contribution in [0.4, 0.5) is 0 Å². The second-order valence-corrected chi connectivity index (χ2v) is 4.95. The number of hydrogen-bond acceptors (Lipinski definition) is 1. The average Bonchev–Trinajstić information content (AvgIpc) is 2.31. The van der Waals surface area contributed by atoms with Gasteiger partial charge in [-0.15, -0.1) is 0 Å². The summed E-state index contributed by atoms with van der Waals surface area (Å²) >= 11 is 0. The molecule has 0 saturated carbocycles. The van der Waals surface area contributed by atoms with Gasteiger partial charge >= 0.3 is 0 Å². The van der Waals surface area contributed by atoms with E-state index in [0.29, 0.717) is 0 Å². The summed E-state index contributed by atoms with van der Waals surface area (Å²) in [5, 5.41) is 0. The normalized spacial score (nSPS) is 19.5. The van der Waals surface area contributed by atoms with Crippen molar-refractivity contribution in [3.63, 3.8) is 0 Å². The highest BCUT2D eigenvalue weighted by atomic mass is 14.5. The Morgan fingerprint density at radius 2 is 2.25 bits per heavy atom. The Bertz CT molecular complexity index is 343. The van der Waals surface area contributed by atoms with Gasteiger partial charge in [-0.2, -0.15) is 0 Å². The Morgan fingerprint density at radius 3 is 3.00 bits per heavy atom. The van der Waals surface area contributed by atoms with Crippen molar-refractivity contribution < 1.29 is 0 Å². The lowest BCUT2D eigenvalue weighted by molar-refractivity contribution is 0.525. The molecule has 0 aromatic heterocycles. The Balaban J connectivity index is 2.25. The molecule has 0 aliphatic heterocycles. The summed E-state index contributed by atoms with van der Waals surface area (Å²) in [7, 11) is 0. The number of rotatable bonds is 4. The van der Waals surface area contributed by atoms with Gasteiger partial charge in [-0.25, -0.2) is 0 Å². The maximum Gasteiger partial charge on any atom is -0.00714 e. The number of fused-ring (bicyclic) bond motifs is 1. The molecular weight excluding hydrogens is 194 g/mol. The number of aryl methyl sites for hydroxylation is 2. The average molecular weight is 217 g/mol. The van der Waals surface area contributed by atoms with Crippen LogP contribution in [0.5, 0.6) is 0 Å². The summed E-state index contributed by atoms with van der Waals surface area (Å²) in [6, 6.07) is 7.11. The van der Waals surface area contributed by atoms with Crippen LogP contribution in [0.25, 0.3) is 0 Å². The standard InChI is InChI=1S/C15H23N/c1-2-4-12-7-8-13-5-3-6-14(9-10-16)15(13)11-12/h7-8,11,14H,2-6,9-10,16H2,1H3/t14-/m1/s1. The minimum atomic E-state index is 0.727. The van der Waals surface area contributed by atoms with Gasteiger partial charge in [0.05, 0.1) is 0 Å². The smallest absolute Gasteiger partial charge is 0.00714 e. The van der Waals surface area contributed by atoms with Crippen LogP contribution in [0, 0.1) is 0 Å². The van der Waals surface area contributed by atoms with Crippen molar-refractivity contribution >= 4 is 0 Å². The quantitative estimate of drug-likeness (QED) is 0.821. The van der Waals surface area contributed by atoms with Crippen LogP contribution in [0.3, 0.4) is 0 Å². The van der Waals surface area contributed by atoms with E-state index in [0.717, 1.165) is 18.9 Å². The van der Waals surface area contributed by atoms with Gasteiger partial charge in [0, 0.05) is 0 Å². The summed E-state index contributed by atoms with van der Waals surface area (Å²) in [4.78, 5) is 0. The van der Waals surface area contributed by atoms with Crippen molar-refractivity contribution in [1.82, 2.24) is 0 Å². The summed E-state index contributed by atoms with van der Waals surface area (Å²) in [6.07, 6.45) is 7.54. The highest BCUT2D eigenvalue weighted by Crippen LogP contribution is 2.34. The Hall–Kier alpha value is -0.820. The molecule has 16 heavy (non-hydrogen) atoms. The molecule has 1 aliphatic carbocycles. The van der Waals surface area contributed by atoms with Crippen LogP contribution in [0.15, 0.2) is 18.2 Å². The van der Waals surface area contributed by atoms with Crippen molar-refractivity contribution in [2.24, 2.45) is 5.73 Å². The highest BCUT2D eigenvalue weighted by molar-refractivity contribution is 5.36. The molecule has 88 valence electrons. The summed E-state index contributed by atoms with van der Waals surface area (Å²) in [5.41, 5.74) is 10.4. The fourth-order valence-corrected chi connectivity index (χ4v) is 2.89. The molecule has 1 aromatic carbocycles. The van der Waals surface area contributed by atoms with E-state index in [2.05, 4.69) is 25.1 Å². The second-order valence-electron chi connectivity index (χ2n) is 4.95. The third-order valence-electron chi connectivity index (χ3n) is 3.70. The monoisotopic (exact) mass is 217 g/mol. The van der Waals surface area contributed by atoms with E-state index in [-0.39, 0.29) is 0 Å². The van der Waals surface area contributed by atoms with Crippen molar-refractivity contribution in [1.29, 1.82) is 0 Å². The van der Waals surface area contributed by atoms with E-state index < -0.39 is 0 Å². The van der Waals surface area contributed by atoms with Crippen LogP contribution in [-0.2, 0) is 12.8 Å². The second kappa shape index (κ2) is 5.49. The predicted molar refractivity (Wildman–Crippen MR) is 69.8 cm³/mol. The summed E-state index contributed by atoms with van der Waals surface area (Å²) in [6.45, 7) is 3.07. The molecule has 0 fully saturated rings. The lowest BCUT2D eigenvalue weighted by Gasteiger charge is -2.25. The lowest BCUT2D eigenvalue weighted by atomic mass is 9.80. The van der Waals surface area contributed by atoms with Gasteiger partial charge in [-0.1, -0.05) is 31.5 Å². The van der Waals surface area contributed by atoms with Crippen LogP contribution < -0.4 is 5.73 Å². The molecule has 1 nitrogen and oxygen atoms in total. The first-order chi connectivity index (χ1) is 7.85. The third kappa shape index (κ3) is 2.46. The molecule has 0 radical (unpaired) electrons. The Kier molecular flexibility index (Phi) is 4.00. The van der Waals surface area contributed by atoms with E-state index in [9.17, 15) is 0 Å². The molecule has 1 aliphatic rings. The first-order valence-corrected chi connectivity index (χ1v) is 6.67. The number of hydrogen-bond donors (Lipinski definition) is 1. The van der Waals surface area contributed by atoms with E-state index in [4.69, 9.17) is 5.73 Å². The Morgan fingerprint density at radius 1 is 1.38 bits per heavy atom. The Labute approximate surface area is 99.0 Å². The molecule has 0 amide bonds. The van der Waals surface area contributed by atoms with Gasteiger partial charge in [0.1, 0.15) is 0 Å². The van der Waals surface area contributed by atoms with Gasteiger partial charge < -0.3 is 5.73 Å². The van der Waals surface area contributed by atoms with Gasteiger partial charge in [-0.05, 0) is 61.3 Å². The van der Waals surface area contributed by atoms with E-state index in [1.807, 2.05) is 0 Å². The van der Waals surface area contributed by atoms with E-state index in [1.165, 1.54) is 37.7 Å². The zero-order valence-corrected chi connectivity index (χ0v) is 10.3. The molecule has 0 bridgehead atoms. The molecule has 0 unspecified atom stereocenters. The maximum atomic E-state index is 5.71. The molecule has 1 aromatic rings.